The van der Waals surface area contributed by atoms with E-state index >= 15 is 0 Å². The van der Waals surface area contributed by atoms with E-state index in [-0.39, 0.29) is 11.4 Å². The van der Waals surface area contributed by atoms with Gasteiger partial charge in [-0.05, 0) is 17.7 Å². The number of aromatic nitrogens is 5. The van der Waals surface area contributed by atoms with Crippen LogP contribution in [0.25, 0.3) is 23.0 Å². The molecule has 0 amide bonds. The van der Waals surface area contributed by atoms with Gasteiger partial charge in [0.1, 0.15) is 5.69 Å². The van der Waals surface area contributed by atoms with Crippen LogP contribution < -0.4 is 5.56 Å². The minimum atomic E-state index is -0.212. The molecule has 0 fully saturated rings. The molecule has 8 heteroatoms. The van der Waals surface area contributed by atoms with Crippen LogP contribution in [0.2, 0.25) is 5.02 Å². The van der Waals surface area contributed by atoms with Crippen LogP contribution in [-0.2, 0) is 6.54 Å². The maximum Gasteiger partial charge on any atom is 0.278 e. The summed E-state index contributed by atoms with van der Waals surface area (Å²) in [5.41, 5.74) is 1.80. The fourth-order valence-corrected chi connectivity index (χ4v) is 2.59. The molecule has 0 aliphatic carbocycles. The molecule has 128 valence electrons. The molecule has 4 rings (SSSR count). The highest BCUT2D eigenvalue weighted by atomic mass is 35.5. The van der Waals surface area contributed by atoms with E-state index in [0.717, 1.165) is 5.56 Å². The number of halogens is 1. The normalized spacial score (nSPS) is 10.8. The van der Waals surface area contributed by atoms with Gasteiger partial charge in [0, 0.05) is 24.0 Å². The van der Waals surface area contributed by atoms with E-state index in [1.807, 2.05) is 30.3 Å². The van der Waals surface area contributed by atoms with Gasteiger partial charge in [-0.1, -0.05) is 47.1 Å². The largest absolute Gasteiger partial charge is 0.332 e. The molecular formula is C18H12ClN5O2. The zero-order chi connectivity index (χ0) is 17.9. The molecule has 1 aromatic carbocycles. The number of hydrogen-bond donors (Lipinski definition) is 0. The maximum atomic E-state index is 12.1. The lowest BCUT2D eigenvalue weighted by molar-refractivity contribution is 0.429. The molecule has 4 aromatic rings. The Bertz CT molecular complexity index is 1110. The summed E-state index contributed by atoms with van der Waals surface area (Å²) >= 11 is 5.93. The first-order valence-corrected chi connectivity index (χ1v) is 8.14. The average Bonchev–Trinajstić information content (AvgIpc) is 3.15. The van der Waals surface area contributed by atoms with Crippen LogP contribution in [0.4, 0.5) is 0 Å². The first-order valence-electron chi connectivity index (χ1n) is 7.76. The maximum absolute atomic E-state index is 12.1. The number of rotatable bonds is 4. The molecule has 0 N–H and O–H groups in total. The zero-order valence-corrected chi connectivity index (χ0v) is 14.2. The Morgan fingerprint density at radius 2 is 1.92 bits per heavy atom. The monoisotopic (exact) mass is 365 g/mol. The van der Waals surface area contributed by atoms with Crippen LogP contribution in [-0.4, -0.2) is 24.9 Å². The van der Waals surface area contributed by atoms with E-state index in [1.165, 1.54) is 16.9 Å². The molecule has 0 spiro atoms. The number of pyridine rings is 1. The molecule has 3 aromatic heterocycles. The molecule has 3 heterocycles. The Labute approximate surface area is 152 Å². The quantitative estimate of drug-likeness (QED) is 0.552. The molecule has 7 nitrogen and oxygen atoms in total. The molecule has 0 aliphatic heterocycles. The third-order valence-corrected chi connectivity index (χ3v) is 3.86. The Balaban J connectivity index is 1.66. The van der Waals surface area contributed by atoms with E-state index in [9.17, 15) is 4.79 Å². The van der Waals surface area contributed by atoms with Crippen molar-refractivity contribution in [2.75, 3.05) is 0 Å². The molecule has 0 unspecified atom stereocenters. The van der Waals surface area contributed by atoms with Gasteiger partial charge in [0.2, 0.25) is 5.82 Å². The predicted molar refractivity (Wildman–Crippen MR) is 95.6 cm³/mol. The molecular weight excluding hydrogens is 354 g/mol. The summed E-state index contributed by atoms with van der Waals surface area (Å²) < 4.78 is 6.64. The number of hydrogen-bond acceptors (Lipinski definition) is 6. The lowest BCUT2D eigenvalue weighted by atomic mass is 10.2. The summed E-state index contributed by atoms with van der Waals surface area (Å²) in [4.78, 5) is 20.4. The molecule has 26 heavy (non-hydrogen) atoms. The molecule has 0 aliphatic rings. The zero-order valence-electron chi connectivity index (χ0n) is 13.4. The summed E-state index contributed by atoms with van der Waals surface area (Å²) in [6, 6.07) is 14.3. The topological polar surface area (TPSA) is 86.7 Å². The van der Waals surface area contributed by atoms with E-state index in [0.29, 0.717) is 28.6 Å². The van der Waals surface area contributed by atoms with Crippen LogP contribution >= 0.6 is 11.6 Å². The first kappa shape index (κ1) is 16.2. The average molecular weight is 366 g/mol. The van der Waals surface area contributed by atoms with Crippen molar-refractivity contribution in [2.24, 2.45) is 0 Å². The summed E-state index contributed by atoms with van der Waals surface area (Å²) in [7, 11) is 0. The Morgan fingerprint density at radius 1 is 1.08 bits per heavy atom. The highest BCUT2D eigenvalue weighted by Crippen LogP contribution is 2.21. The van der Waals surface area contributed by atoms with Crippen LogP contribution in [0.15, 0.2) is 70.2 Å². The van der Waals surface area contributed by atoms with E-state index in [4.69, 9.17) is 16.1 Å². The minimum Gasteiger partial charge on any atom is -0.332 e. The Hall–Kier alpha value is -3.32. The molecule has 0 saturated carbocycles. The standard InChI is InChI=1S/C18H12ClN5O2/c19-14-8-13(9-20-10-14)17-21-18(26-23-17)15-6-7-16(25)24(22-15)11-12-4-2-1-3-5-12/h1-10H,11H2. The van der Waals surface area contributed by atoms with Gasteiger partial charge < -0.3 is 4.52 Å². The summed E-state index contributed by atoms with van der Waals surface area (Å²) in [5, 5.41) is 8.73. The van der Waals surface area contributed by atoms with Crippen molar-refractivity contribution in [3.63, 3.8) is 0 Å². The van der Waals surface area contributed by atoms with Gasteiger partial charge in [-0.2, -0.15) is 10.1 Å². The summed E-state index contributed by atoms with van der Waals surface area (Å²) in [6.45, 7) is 0.354. The third-order valence-electron chi connectivity index (χ3n) is 3.65. The second-order valence-electron chi connectivity index (χ2n) is 5.52. The van der Waals surface area contributed by atoms with Crippen molar-refractivity contribution in [1.29, 1.82) is 0 Å². The van der Waals surface area contributed by atoms with Gasteiger partial charge in [-0.15, -0.1) is 0 Å². The van der Waals surface area contributed by atoms with Crippen LogP contribution in [0, 0.1) is 0 Å². The van der Waals surface area contributed by atoms with Crippen molar-refractivity contribution in [2.45, 2.75) is 6.54 Å². The highest BCUT2D eigenvalue weighted by Gasteiger charge is 2.14. The third kappa shape index (κ3) is 3.38. The number of nitrogens with zero attached hydrogens (tertiary/aromatic N) is 5. The molecule has 0 saturated heterocycles. The van der Waals surface area contributed by atoms with Gasteiger partial charge in [0.05, 0.1) is 11.6 Å². The second kappa shape index (κ2) is 6.89. The lowest BCUT2D eigenvalue weighted by Crippen LogP contribution is -2.22. The van der Waals surface area contributed by atoms with Crippen molar-refractivity contribution >= 4 is 11.6 Å². The molecule has 0 bridgehead atoms. The summed E-state index contributed by atoms with van der Waals surface area (Å²) in [5.74, 6) is 0.555. The first-order chi connectivity index (χ1) is 12.7. The Kier molecular flexibility index (Phi) is 4.28. The molecule has 0 atom stereocenters. The van der Waals surface area contributed by atoms with E-state index in [1.54, 1.807) is 18.3 Å². The molecule has 0 radical (unpaired) electrons. The lowest BCUT2D eigenvalue weighted by Gasteiger charge is -2.05. The van der Waals surface area contributed by atoms with E-state index in [2.05, 4.69) is 20.2 Å². The van der Waals surface area contributed by atoms with Crippen LogP contribution in [0.3, 0.4) is 0 Å². The van der Waals surface area contributed by atoms with Gasteiger partial charge in [-0.25, -0.2) is 4.68 Å². The van der Waals surface area contributed by atoms with Gasteiger partial charge in [-0.3, -0.25) is 9.78 Å². The fourth-order valence-electron chi connectivity index (χ4n) is 2.41. The van der Waals surface area contributed by atoms with Crippen molar-refractivity contribution in [3.8, 4) is 23.0 Å². The van der Waals surface area contributed by atoms with Crippen molar-refractivity contribution in [3.05, 3.63) is 81.9 Å². The highest BCUT2D eigenvalue weighted by molar-refractivity contribution is 6.30. The predicted octanol–water partition coefficient (Wildman–Crippen LogP) is 3.06. The van der Waals surface area contributed by atoms with Crippen molar-refractivity contribution < 1.29 is 4.52 Å². The second-order valence-corrected chi connectivity index (χ2v) is 5.95. The van der Waals surface area contributed by atoms with Crippen LogP contribution in [0.5, 0.6) is 0 Å². The van der Waals surface area contributed by atoms with E-state index < -0.39 is 0 Å². The van der Waals surface area contributed by atoms with Gasteiger partial charge in [0.25, 0.3) is 11.4 Å². The SMILES string of the molecule is O=c1ccc(-c2nc(-c3cncc(Cl)c3)no2)nn1Cc1ccccc1. The fraction of sp³-hybridized carbons (Fsp3) is 0.0556. The minimum absolute atomic E-state index is 0.210. The summed E-state index contributed by atoms with van der Waals surface area (Å²) in [6.07, 6.45) is 3.11. The van der Waals surface area contributed by atoms with Crippen molar-refractivity contribution in [1.82, 2.24) is 24.9 Å². The number of benzene rings is 1. The Morgan fingerprint density at radius 3 is 2.73 bits per heavy atom. The smallest absolute Gasteiger partial charge is 0.278 e. The van der Waals surface area contributed by atoms with Gasteiger partial charge >= 0.3 is 0 Å². The van der Waals surface area contributed by atoms with Crippen LogP contribution in [0.1, 0.15) is 5.56 Å². The van der Waals surface area contributed by atoms with Gasteiger partial charge in [0.15, 0.2) is 0 Å².